The molecule has 5 nitrogen and oxygen atoms in total. The summed E-state index contributed by atoms with van der Waals surface area (Å²) in [6.45, 7) is 2.01. The summed E-state index contributed by atoms with van der Waals surface area (Å²) < 4.78 is 5.80. The largest absolute Gasteiger partial charge is 0.483 e. The van der Waals surface area contributed by atoms with Crippen molar-refractivity contribution >= 4 is 33.3 Å². The number of H-pyrrole nitrogens is 1. The lowest BCUT2D eigenvalue weighted by molar-refractivity contribution is -0.120. The summed E-state index contributed by atoms with van der Waals surface area (Å²) in [6, 6.07) is 7.86. The number of nitrogens with one attached hydrogen (secondary N) is 1. The lowest BCUT2D eigenvalue weighted by Crippen LogP contribution is -2.31. The van der Waals surface area contributed by atoms with Gasteiger partial charge in [-0.25, -0.2) is 4.98 Å². The van der Waals surface area contributed by atoms with Gasteiger partial charge in [0.15, 0.2) is 11.7 Å². The Kier molecular flexibility index (Phi) is 4.21. The van der Waals surface area contributed by atoms with Crippen molar-refractivity contribution < 1.29 is 9.53 Å². The third-order valence-electron chi connectivity index (χ3n) is 4.61. The van der Waals surface area contributed by atoms with Gasteiger partial charge in [0.1, 0.15) is 5.75 Å². The molecule has 1 aliphatic rings. The highest BCUT2D eigenvalue weighted by atomic mass is 32.1. The molecule has 0 saturated heterocycles. The Morgan fingerprint density at radius 2 is 2.20 bits per heavy atom. The average Bonchev–Trinajstić information content (AvgIpc) is 3.21. The number of fused-ring (bicyclic) bond motifs is 2. The number of hydrogen-bond donors (Lipinski definition) is 1. The Balaban J connectivity index is 1.47. The lowest BCUT2D eigenvalue weighted by atomic mass is 10.0. The van der Waals surface area contributed by atoms with Gasteiger partial charge in [-0.2, -0.15) is 0 Å². The predicted molar refractivity (Wildman–Crippen MR) is 101 cm³/mol. The first-order valence-corrected chi connectivity index (χ1v) is 9.40. The number of rotatable bonds is 4. The standard InChI is InChI=1S/C19H21N3O2S/c1-12-10-13-14(20-12)7-5-8-16(13)24-11-18(23)22(2)19-21-15-6-3-4-9-17(15)25-19/h5,7-8,10,20H,3-4,6,9,11H2,1-2H3. The summed E-state index contributed by atoms with van der Waals surface area (Å²) in [5.41, 5.74) is 3.26. The van der Waals surface area contributed by atoms with Crippen LogP contribution >= 0.6 is 11.3 Å². The smallest absolute Gasteiger partial charge is 0.266 e. The van der Waals surface area contributed by atoms with Crippen LogP contribution in [0.2, 0.25) is 0 Å². The molecule has 1 aliphatic carbocycles. The van der Waals surface area contributed by atoms with E-state index in [1.165, 1.54) is 23.4 Å². The molecule has 1 aromatic carbocycles. The fourth-order valence-electron chi connectivity index (χ4n) is 3.22. The molecule has 2 heterocycles. The molecule has 0 spiro atoms. The average molecular weight is 355 g/mol. The number of amides is 1. The molecule has 0 atom stereocenters. The molecule has 0 aliphatic heterocycles. The van der Waals surface area contributed by atoms with Crippen molar-refractivity contribution in [1.29, 1.82) is 0 Å². The van der Waals surface area contributed by atoms with Gasteiger partial charge in [-0.1, -0.05) is 6.07 Å². The second-order valence-corrected chi connectivity index (χ2v) is 7.55. The third kappa shape index (κ3) is 3.14. The van der Waals surface area contributed by atoms with Crippen molar-refractivity contribution in [2.45, 2.75) is 32.6 Å². The van der Waals surface area contributed by atoms with E-state index in [4.69, 9.17) is 4.74 Å². The van der Waals surface area contributed by atoms with Crippen molar-refractivity contribution in [3.8, 4) is 5.75 Å². The molecule has 0 saturated carbocycles. The Morgan fingerprint density at radius 1 is 1.36 bits per heavy atom. The van der Waals surface area contributed by atoms with Crippen LogP contribution < -0.4 is 9.64 Å². The van der Waals surface area contributed by atoms with Gasteiger partial charge in [0, 0.05) is 28.5 Å². The molecule has 4 rings (SSSR count). The zero-order chi connectivity index (χ0) is 17.4. The van der Waals surface area contributed by atoms with Gasteiger partial charge in [0.25, 0.3) is 5.91 Å². The van der Waals surface area contributed by atoms with Gasteiger partial charge in [-0.3, -0.25) is 9.69 Å². The minimum atomic E-state index is -0.0876. The minimum absolute atomic E-state index is 0.00406. The normalized spacial score (nSPS) is 13.7. The summed E-state index contributed by atoms with van der Waals surface area (Å²) in [5, 5.41) is 1.77. The van der Waals surface area contributed by atoms with Gasteiger partial charge < -0.3 is 9.72 Å². The number of carbonyl (C=O) groups is 1. The monoisotopic (exact) mass is 355 g/mol. The zero-order valence-corrected chi connectivity index (χ0v) is 15.3. The number of thiazole rings is 1. The first kappa shape index (κ1) is 16.1. The number of carbonyl (C=O) groups excluding carboxylic acids is 1. The van der Waals surface area contributed by atoms with Crippen LogP contribution in [0.1, 0.15) is 29.1 Å². The first-order valence-electron chi connectivity index (χ1n) is 8.58. The highest BCUT2D eigenvalue weighted by molar-refractivity contribution is 7.15. The van der Waals surface area contributed by atoms with Crippen LogP contribution in [0.5, 0.6) is 5.75 Å². The quantitative estimate of drug-likeness (QED) is 0.773. The van der Waals surface area contributed by atoms with Crippen molar-refractivity contribution in [3.63, 3.8) is 0 Å². The molecule has 6 heteroatoms. The fourth-order valence-corrected chi connectivity index (χ4v) is 4.34. The molecule has 1 amide bonds. The number of aromatic amines is 1. The molecule has 0 unspecified atom stereocenters. The van der Waals surface area contributed by atoms with Crippen LogP contribution in [0.15, 0.2) is 24.3 Å². The van der Waals surface area contributed by atoms with E-state index in [0.29, 0.717) is 0 Å². The van der Waals surface area contributed by atoms with Crippen LogP contribution in [0.25, 0.3) is 10.9 Å². The van der Waals surface area contributed by atoms with Crippen LogP contribution in [-0.2, 0) is 17.6 Å². The van der Waals surface area contributed by atoms with E-state index in [9.17, 15) is 4.79 Å². The maximum Gasteiger partial charge on any atom is 0.266 e. The van der Waals surface area contributed by atoms with E-state index in [1.807, 2.05) is 31.2 Å². The second-order valence-electron chi connectivity index (χ2n) is 6.48. The summed E-state index contributed by atoms with van der Waals surface area (Å²) in [5.74, 6) is 0.636. The Bertz CT molecular complexity index is 905. The van der Waals surface area contributed by atoms with Crippen LogP contribution in [0.3, 0.4) is 0 Å². The van der Waals surface area contributed by atoms with Crippen LogP contribution in [-0.4, -0.2) is 29.5 Å². The molecule has 130 valence electrons. The van der Waals surface area contributed by atoms with E-state index in [0.717, 1.165) is 40.3 Å². The van der Waals surface area contributed by atoms with E-state index < -0.39 is 0 Å². The number of likely N-dealkylation sites (N-methyl/N-ethyl adjacent to an activating group) is 1. The summed E-state index contributed by atoms with van der Waals surface area (Å²) in [4.78, 5) is 23.4. The minimum Gasteiger partial charge on any atom is -0.483 e. The highest BCUT2D eigenvalue weighted by Gasteiger charge is 2.20. The lowest BCUT2D eigenvalue weighted by Gasteiger charge is -2.14. The van der Waals surface area contributed by atoms with Gasteiger partial charge in [0.05, 0.1) is 5.69 Å². The molecular weight excluding hydrogens is 334 g/mol. The number of hydrogen-bond acceptors (Lipinski definition) is 4. The van der Waals surface area contributed by atoms with Crippen LogP contribution in [0.4, 0.5) is 5.13 Å². The molecule has 0 fully saturated rings. The number of aromatic nitrogens is 2. The molecule has 0 bridgehead atoms. The van der Waals surface area contributed by atoms with Gasteiger partial charge in [0.2, 0.25) is 0 Å². The van der Waals surface area contributed by atoms with Crippen molar-refractivity contribution in [2.75, 3.05) is 18.6 Å². The second kappa shape index (κ2) is 6.52. The van der Waals surface area contributed by atoms with E-state index in [1.54, 1.807) is 23.3 Å². The van der Waals surface area contributed by atoms with E-state index in [-0.39, 0.29) is 12.5 Å². The van der Waals surface area contributed by atoms with E-state index >= 15 is 0 Å². The predicted octanol–water partition coefficient (Wildman–Crippen LogP) is 3.85. The maximum absolute atomic E-state index is 12.5. The zero-order valence-electron chi connectivity index (χ0n) is 14.5. The Morgan fingerprint density at radius 3 is 3.04 bits per heavy atom. The first-order chi connectivity index (χ1) is 12.1. The molecular formula is C19H21N3O2S. The number of benzene rings is 1. The van der Waals surface area contributed by atoms with Gasteiger partial charge >= 0.3 is 0 Å². The van der Waals surface area contributed by atoms with Crippen molar-refractivity contribution in [2.24, 2.45) is 0 Å². The topological polar surface area (TPSA) is 58.2 Å². The highest BCUT2D eigenvalue weighted by Crippen LogP contribution is 2.31. The Hall–Kier alpha value is -2.34. The van der Waals surface area contributed by atoms with E-state index in [2.05, 4.69) is 9.97 Å². The number of aryl methyl sites for hydroxylation is 3. The van der Waals surface area contributed by atoms with Gasteiger partial charge in [-0.15, -0.1) is 11.3 Å². The summed E-state index contributed by atoms with van der Waals surface area (Å²) >= 11 is 1.63. The number of ether oxygens (including phenoxy) is 1. The maximum atomic E-state index is 12.5. The molecule has 3 aromatic rings. The summed E-state index contributed by atoms with van der Waals surface area (Å²) in [6.07, 6.45) is 4.52. The fraction of sp³-hybridized carbons (Fsp3) is 0.368. The SMILES string of the molecule is Cc1cc2c(OCC(=O)N(C)c3nc4c(s3)CCCC4)cccc2[nH]1. The van der Waals surface area contributed by atoms with Crippen molar-refractivity contribution in [3.05, 3.63) is 40.5 Å². The van der Waals surface area contributed by atoms with Crippen LogP contribution in [0, 0.1) is 6.92 Å². The summed E-state index contributed by atoms with van der Waals surface area (Å²) in [7, 11) is 1.77. The van der Waals surface area contributed by atoms with Crippen molar-refractivity contribution in [1.82, 2.24) is 9.97 Å². The van der Waals surface area contributed by atoms with Gasteiger partial charge in [-0.05, 0) is 50.8 Å². The number of anilines is 1. The number of nitrogens with zero attached hydrogens (tertiary/aromatic N) is 2. The Labute approximate surface area is 150 Å². The molecule has 1 N–H and O–H groups in total. The molecule has 25 heavy (non-hydrogen) atoms. The molecule has 2 aromatic heterocycles. The third-order valence-corrected chi connectivity index (χ3v) is 5.84. The molecule has 0 radical (unpaired) electrons.